The molecular formula is C17H22FNO. The van der Waals surface area contributed by atoms with E-state index >= 15 is 0 Å². The zero-order valence-corrected chi connectivity index (χ0v) is 12.3. The summed E-state index contributed by atoms with van der Waals surface area (Å²) in [6.45, 7) is 7.07. The van der Waals surface area contributed by atoms with Crippen LogP contribution in [-0.2, 0) is 6.42 Å². The van der Waals surface area contributed by atoms with Crippen molar-refractivity contribution in [1.29, 1.82) is 0 Å². The fourth-order valence-electron chi connectivity index (χ4n) is 2.22. The van der Waals surface area contributed by atoms with Crippen LogP contribution >= 0.6 is 0 Å². The van der Waals surface area contributed by atoms with E-state index in [9.17, 15) is 4.39 Å². The summed E-state index contributed by atoms with van der Waals surface area (Å²) in [5, 5.41) is 3.46. The molecule has 0 aliphatic carbocycles. The van der Waals surface area contributed by atoms with Crippen LogP contribution in [0, 0.1) is 5.82 Å². The first-order valence-electron chi connectivity index (χ1n) is 6.96. The normalized spacial score (nSPS) is 13.4. The van der Waals surface area contributed by atoms with Crippen molar-refractivity contribution in [3.63, 3.8) is 0 Å². The molecule has 0 fully saturated rings. The molecule has 0 aliphatic heterocycles. The summed E-state index contributed by atoms with van der Waals surface area (Å²) in [6, 6.07) is 8.94. The fraction of sp³-hybridized carbons (Fsp3) is 0.412. The van der Waals surface area contributed by atoms with Gasteiger partial charge in [0.05, 0.1) is 12.5 Å². The van der Waals surface area contributed by atoms with Gasteiger partial charge >= 0.3 is 0 Å². The summed E-state index contributed by atoms with van der Waals surface area (Å²) in [4.78, 5) is 0. The molecule has 1 unspecified atom stereocenters. The van der Waals surface area contributed by atoms with Gasteiger partial charge < -0.3 is 9.73 Å². The van der Waals surface area contributed by atoms with Gasteiger partial charge in [0.1, 0.15) is 5.82 Å². The van der Waals surface area contributed by atoms with Gasteiger partial charge in [0.2, 0.25) is 0 Å². The number of hydrogen-bond acceptors (Lipinski definition) is 2. The van der Waals surface area contributed by atoms with Crippen molar-refractivity contribution in [2.75, 3.05) is 6.54 Å². The van der Waals surface area contributed by atoms with E-state index < -0.39 is 0 Å². The molecule has 1 aromatic carbocycles. The SMILES string of the molecule is CC(C)(C)NCC(Cc1ccoc1)c1ccccc1F. The smallest absolute Gasteiger partial charge is 0.126 e. The first-order valence-corrected chi connectivity index (χ1v) is 6.96. The molecule has 2 rings (SSSR count). The zero-order chi connectivity index (χ0) is 14.6. The van der Waals surface area contributed by atoms with E-state index in [0.717, 1.165) is 24.1 Å². The molecule has 1 N–H and O–H groups in total. The zero-order valence-electron chi connectivity index (χ0n) is 12.3. The second-order valence-electron chi connectivity index (χ2n) is 6.19. The molecule has 0 amide bonds. The number of hydrogen-bond donors (Lipinski definition) is 1. The van der Waals surface area contributed by atoms with Gasteiger partial charge in [0.25, 0.3) is 0 Å². The highest BCUT2D eigenvalue weighted by atomic mass is 19.1. The Hall–Kier alpha value is -1.61. The lowest BCUT2D eigenvalue weighted by Crippen LogP contribution is -2.39. The third-order valence-electron chi connectivity index (χ3n) is 3.29. The van der Waals surface area contributed by atoms with E-state index in [1.165, 1.54) is 6.07 Å². The third kappa shape index (κ3) is 4.20. The van der Waals surface area contributed by atoms with Crippen molar-refractivity contribution in [2.45, 2.75) is 38.6 Å². The van der Waals surface area contributed by atoms with Crippen LogP contribution in [0.5, 0.6) is 0 Å². The molecule has 0 saturated carbocycles. The second kappa shape index (κ2) is 6.23. The van der Waals surface area contributed by atoms with Gasteiger partial charge in [-0.25, -0.2) is 4.39 Å². The van der Waals surface area contributed by atoms with E-state index in [-0.39, 0.29) is 17.3 Å². The fourth-order valence-corrected chi connectivity index (χ4v) is 2.22. The van der Waals surface area contributed by atoms with Crippen LogP contribution in [0.4, 0.5) is 4.39 Å². The summed E-state index contributed by atoms with van der Waals surface area (Å²) in [7, 11) is 0. The summed E-state index contributed by atoms with van der Waals surface area (Å²) >= 11 is 0. The lowest BCUT2D eigenvalue weighted by atomic mass is 9.91. The third-order valence-corrected chi connectivity index (χ3v) is 3.29. The topological polar surface area (TPSA) is 25.2 Å². The highest BCUT2D eigenvalue weighted by molar-refractivity contribution is 5.25. The molecule has 2 nitrogen and oxygen atoms in total. The van der Waals surface area contributed by atoms with Crippen LogP contribution in [0.1, 0.15) is 37.8 Å². The summed E-state index contributed by atoms with van der Waals surface area (Å²) in [5.41, 5.74) is 1.86. The van der Waals surface area contributed by atoms with E-state index in [1.54, 1.807) is 18.6 Å². The Balaban J connectivity index is 2.17. The van der Waals surface area contributed by atoms with Gasteiger partial charge in [0.15, 0.2) is 0 Å². The standard InChI is InChI=1S/C17H22FNO/c1-17(2,3)19-11-14(10-13-8-9-20-12-13)15-6-4-5-7-16(15)18/h4-9,12,14,19H,10-11H2,1-3H3. The number of benzene rings is 1. The molecule has 1 atom stereocenters. The van der Waals surface area contributed by atoms with Crippen LogP contribution in [0.3, 0.4) is 0 Å². The van der Waals surface area contributed by atoms with Crippen molar-refractivity contribution in [1.82, 2.24) is 5.32 Å². The minimum atomic E-state index is -0.142. The number of nitrogens with one attached hydrogen (secondary N) is 1. The van der Waals surface area contributed by atoms with Crippen molar-refractivity contribution in [2.24, 2.45) is 0 Å². The van der Waals surface area contributed by atoms with Crippen molar-refractivity contribution < 1.29 is 8.81 Å². The van der Waals surface area contributed by atoms with Crippen LogP contribution in [0.2, 0.25) is 0 Å². The number of rotatable bonds is 5. The highest BCUT2D eigenvalue weighted by Gasteiger charge is 2.19. The quantitative estimate of drug-likeness (QED) is 0.887. The van der Waals surface area contributed by atoms with Gasteiger partial charge in [-0.05, 0) is 50.5 Å². The molecule has 0 aliphatic rings. The maximum atomic E-state index is 14.0. The van der Waals surface area contributed by atoms with Crippen LogP contribution in [0.15, 0.2) is 47.3 Å². The molecule has 20 heavy (non-hydrogen) atoms. The van der Waals surface area contributed by atoms with Gasteiger partial charge in [-0.1, -0.05) is 18.2 Å². The maximum absolute atomic E-state index is 14.0. The Labute approximate surface area is 120 Å². The Kier molecular flexibility index (Phi) is 4.61. The first-order chi connectivity index (χ1) is 9.46. The predicted molar refractivity (Wildman–Crippen MR) is 79.3 cm³/mol. The van der Waals surface area contributed by atoms with Crippen LogP contribution in [0.25, 0.3) is 0 Å². The van der Waals surface area contributed by atoms with E-state index in [1.807, 2.05) is 18.2 Å². The van der Waals surface area contributed by atoms with Crippen molar-refractivity contribution >= 4 is 0 Å². The van der Waals surface area contributed by atoms with E-state index in [2.05, 4.69) is 26.1 Å². The van der Waals surface area contributed by atoms with Crippen LogP contribution in [-0.4, -0.2) is 12.1 Å². The first kappa shape index (κ1) is 14.8. The Morgan fingerprint density at radius 3 is 2.55 bits per heavy atom. The minimum absolute atomic E-state index is 0.0138. The summed E-state index contributed by atoms with van der Waals surface area (Å²) in [6.07, 6.45) is 4.15. The van der Waals surface area contributed by atoms with E-state index in [4.69, 9.17) is 4.42 Å². The molecule has 3 heteroatoms. The predicted octanol–water partition coefficient (Wildman–Crippen LogP) is 4.13. The average molecular weight is 275 g/mol. The minimum Gasteiger partial charge on any atom is -0.472 e. The maximum Gasteiger partial charge on any atom is 0.126 e. The van der Waals surface area contributed by atoms with Gasteiger partial charge in [0, 0.05) is 18.0 Å². The van der Waals surface area contributed by atoms with Gasteiger partial charge in [-0.3, -0.25) is 0 Å². The molecular weight excluding hydrogens is 253 g/mol. The monoisotopic (exact) mass is 275 g/mol. The van der Waals surface area contributed by atoms with Gasteiger partial charge in [-0.2, -0.15) is 0 Å². The van der Waals surface area contributed by atoms with E-state index in [0.29, 0.717) is 0 Å². The highest BCUT2D eigenvalue weighted by Crippen LogP contribution is 2.24. The number of halogens is 1. The summed E-state index contributed by atoms with van der Waals surface area (Å²) in [5.74, 6) is -0.0512. The molecule has 0 radical (unpaired) electrons. The molecule has 1 aromatic heterocycles. The Morgan fingerprint density at radius 1 is 1.20 bits per heavy atom. The molecule has 108 valence electrons. The summed E-state index contributed by atoms with van der Waals surface area (Å²) < 4.78 is 19.1. The molecule has 0 bridgehead atoms. The lowest BCUT2D eigenvalue weighted by molar-refractivity contribution is 0.400. The van der Waals surface area contributed by atoms with Crippen molar-refractivity contribution in [3.8, 4) is 0 Å². The average Bonchev–Trinajstić information content (AvgIpc) is 2.87. The largest absolute Gasteiger partial charge is 0.472 e. The molecule has 0 saturated heterocycles. The lowest BCUT2D eigenvalue weighted by Gasteiger charge is -2.25. The molecule has 0 spiro atoms. The molecule has 1 heterocycles. The number of furan rings is 1. The Bertz CT molecular complexity index is 528. The van der Waals surface area contributed by atoms with Crippen LogP contribution < -0.4 is 5.32 Å². The van der Waals surface area contributed by atoms with Crippen molar-refractivity contribution in [3.05, 3.63) is 59.8 Å². The van der Waals surface area contributed by atoms with Gasteiger partial charge in [-0.15, -0.1) is 0 Å². The molecule has 2 aromatic rings. The second-order valence-corrected chi connectivity index (χ2v) is 6.19. The Morgan fingerprint density at radius 2 is 1.95 bits per heavy atom.